The van der Waals surface area contributed by atoms with Crippen LogP contribution in [0.3, 0.4) is 0 Å². The molecule has 0 bridgehead atoms. The average Bonchev–Trinajstić information content (AvgIpc) is 3.11. The van der Waals surface area contributed by atoms with Crippen molar-refractivity contribution in [1.29, 1.82) is 0 Å². The second kappa shape index (κ2) is 8.19. The van der Waals surface area contributed by atoms with E-state index in [2.05, 4.69) is 10.3 Å². The molecule has 26 heavy (non-hydrogen) atoms. The van der Waals surface area contributed by atoms with Gasteiger partial charge in [0.2, 0.25) is 0 Å². The number of ether oxygens (including phenoxy) is 4. The Bertz CT molecular complexity index is 722. The highest BCUT2D eigenvalue weighted by atomic mass is 32.1. The molecule has 0 saturated carbocycles. The molecule has 0 radical (unpaired) electrons. The molecule has 1 aliphatic rings. The summed E-state index contributed by atoms with van der Waals surface area (Å²) < 4.78 is 22.4. The minimum atomic E-state index is -1.04. The molecular formula is C14H18N4O7S. The lowest BCUT2D eigenvalue weighted by Gasteiger charge is -2.23. The Balaban J connectivity index is 2.33. The number of esters is 3. The smallest absolute Gasteiger partial charge is 0.303 e. The van der Waals surface area contributed by atoms with Gasteiger partial charge in [0.1, 0.15) is 23.4 Å². The number of carbonyl (C=O) groups excluding carboxylic acids is 3. The van der Waals surface area contributed by atoms with Crippen molar-refractivity contribution >= 4 is 35.1 Å². The lowest BCUT2D eigenvalue weighted by molar-refractivity contribution is -0.166. The molecule has 1 fully saturated rings. The maximum absolute atomic E-state index is 11.5. The Labute approximate surface area is 153 Å². The Kier molecular flexibility index (Phi) is 6.21. The van der Waals surface area contributed by atoms with Crippen LogP contribution in [-0.4, -0.2) is 62.8 Å². The van der Waals surface area contributed by atoms with E-state index in [-0.39, 0.29) is 17.3 Å². The van der Waals surface area contributed by atoms with Crippen LogP contribution < -0.4 is 5.73 Å². The predicted molar refractivity (Wildman–Crippen MR) is 87.6 cm³/mol. The van der Waals surface area contributed by atoms with E-state index in [0.29, 0.717) is 0 Å². The van der Waals surface area contributed by atoms with Crippen molar-refractivity contribution in [3.63, 3.8) is 0 Å². The van der Waals surface area contributed by atoms with Crippen molar-refractivity contribution in [3.8, 4) is 0 Å². The van der Waals surface area contributed by atoms with Gasteiger partial charge in [-0.1, -0.05) is 17.4 Å². The highest BCUT2D eigenvalue weighted by molar-refractivity contribution is 7.80. The summed E-state index contributed by atoms with van der Waals surface area (Å²) in [6.45, 7) is 3.41. The van der Waals surface area contributed by atoms with Crippen molar-refractivity contribution in [3.05, 3.63) is 11.9 Å². The Hall–Kier alpha value is -2.60. The summed E-state index contributed by atoms with van der Waals surface area (Å²) in [6.07, 6.45) is -2.52. The Morgan fingerprint density at radius 1 is 1.19 bits per heavy atom. The number of nitrogens with two attached hydrogens (primary N) is 1. The van der Waals surface area contributed by atoms with Gasteiger partial charge in [0.25, 0.3) is 0 Å². The van der Waals surface area contributed by atoms with Gasteiger partial charge in [0.05, 0.1) is 6.20 Å². The van der Waals surface area contributed by atoms with Gasteiger partial charge < -0.3 is 24.7 Å². The van der Waals surface area contributed by atoms with Crippen molar-refractivity contribution in [2.24, 2.45) is 5.73 Å². The third kappa shape index (κ3) is 4.73. The minimum Gasteiger partial charge on any atom is -0.463 e. The van der Waals surface area contributed by atoms with Crippen LogP contribution in [0.5, 0.6) is 0 Å². The molecule has 2 rings (SSSR count). The topological polar surface area (TPSA) is 145 Å². The fourth-order valence-corrected chi connectivity index (χ4v) is 2.51. The lowest BCUT2D eigenvalue weighted by atomic mass is 10.1. The highest BCUT2D eigenvalue weighted by Crippen LogP contribution is 2.34. The molecule has 0 aromatic carbocycles. The number of rotatable bonds is 6. The molecule has 1 aromatic rings. The monoisotopic (exact) mass is 386 g/mol. The summed E-state index contributed by atoms with van der Waals surface area (Å²) in [5.41, 5.74) is 5.74. The quantitative estimate of drug-likeness (QED) is 0.374. The largest absolute Gasteiger partial charge is 0.463 e. The molecule has 0 aliphatic carbocycles. The molecule has 1 aliphatic heterocycles. The molecule has 4 atom stereocenters. The summed E-state index contributed by atoms with van der Waals surface area (Å²) in [5.74, 6) is -1.78. The molecule has 1 saturated heterocycles. The van der Waals surface area contributed by atoms with Crippen molar-refractivity contribution in [2.75, 3.05) is 6.61 Å². The van der Waals surface area contributed by atoms with Gasteiger partial charge in [-0.2, -0.15) is 0 Å². The molecule has 0 spiro atoms. The number of thiocarbonyl (C=S) groups is 1. The van der Waals surface area contributed by atoms with Crippen LogP contribution in [0, 0.1) is 0 Å². The standard InChI is InChI=1S/C14H18N4O7S/c1-6(19)22-5-10-11(23-7(2)20)12(24-8(3)21)14(25-10)18-4-9(13(15)26)16-17-18/h4,10-12,14H,5H2,1-3H3,(H2,15,26)/t10-,11-,12-,14-/m1/s1. The van der Waals surface area contributed by atoms with Gasteiger partial charge in [0.15, 0.2) is 18.4 Å². The maximum atomic E-state index is 11.5. The Morgan fingerprint density at radius 2 is 1.81 bits per heavy atom. The first-order valence-electron chi connectivity index (χ1n) is 7.54. The molecular weight excluding hydrogens is 368 g/mol. The van der Waals surface area contributed by atoms with E-state index < -0.39 is 42.4 Å². The lowest BCUT2D eigenvalue weighted by Crippen LogP contribution is -2.40. The number of carbonyl (C=O) groups is 3. The SMILES string of the molecule is CC(=O)OC[C@H]1O[C@@H](n2cc(C(N)=S)nn2)[C@H](OC(C)=O)[C@@H]1OC(C)=O. The predicted octanol–water partition coefficient (Wildman–Crippen LogP) is -0.764. The molecule has 1 aromatic heterocycles. The fraction of sp³-hybridized carbons (Fsp3) is 0.571. The first-order valence-corrected chi connectivity index (χ1v) is 7.94. The molecule has 12 heteroatoms. The van der Waals surface area contributed by atoms with E-state index in [0.717, 1.165) is 0 Å². The van der Waals surface area contributed by atoms with E-state index in [1.54, 1.807) is 0 Å². The maximum Gasteiger partial charge on any atom is 0.303 e. The van der Waals surface area contributed by atoms with Crippen molar-refractivity contribution < 1.29 is 33.3 Å². The second-order valence-corrected chi connectivity index (χ2v) is 5.90. The molecule has 0 unspecified atom stereocenters. The summed E-state index contributed by atoms with van der Waals surface area (Å²) in [5, 5.41) is 7.65. The zero-order chi connectivity index (χ0) is 19.4. The van der Waals surface area contributed by atoms with Crippen LogP contribution in [0.25, 0.3) is 0 Å². The van der Waals surface area contributed by atoms with Gasteiger partial charge in [-0.15, -0.1) is 5.10 Å². The third-order valence-corrected chi connectivity index (χ3v) is 3.57. The van der Waals surface area contributed by atoms with Crippen molar-refractivity contribution in [2.45, 2.75) is 45.3 Å². The van der Waals surface area contributed by atoms with Crippen LogP contribution in [0.4, 0.5) is 0 Å². The third-order valence-electron chi connectivity index (χ3n) is 3.36. The molecule has 0 amide bonds. The highest BCUT2D eigenvalue weighted by Gasteiger charge is 2.51. The second-order valence-electron chi connectivity index (χ2n) is 5.46. The Morgan fingerprint density at radius 3 is 2.31 bits per heavy atom. The molecule has 11 nitrogen and oxygen atoms in total. The summed E-state index contributed by atoms with van der Waals surface area (Å²) in [4.78, 5) is 34.1. The van der Waals surface area contributed by atoms with Crippen LogP contribution in [0.1, 0.15) is 32.7 Å². The van der Waals surface area contributed by atoms with Gasteiger partial charge in [-0.3, -0.25) is 14.4 Å². The number of hydrogen-bond acceptors (Lipinski definition) is 10. The van der Waals surface area contributed by atoms with E-state index in [4.69, 9.17) is 36.9 Å². The van der Waals surface area contributed by atoms with Crippen LogP contribution in [0.2, 0.25) is 0 Å². The first-order chi connectivity index (χ1) is 12.2. The van der Waals surface area contributed by atoms with Gasteiger partial charge in [-0.25, -0.2) is 4.68 Å². The molecule has 2 N–H and O–H groups in total. The number of nitrogens with zero attached hydrogens (tertiary/aromatic N) is 3. The average molecular weight is 386 g/mol. The van der Waals surface area contributed by atoms with Crippen LogP contribution >= 0.6 is 12.2 Å². The van der Waals surface area contributed by atoms with E-state index in [1.807, 2.05) is 0 Å². The number of hydrogen-bond donors (Lipinski definition) is 1. The minimum absolute atomic E-state index is 0.0197. The zero-order valence-corrected chi connectivity index (χ0v) is 15.1. The van der Waals surface area contributed by atoms with Gasteiger partial charge >= 0.3 is 17.9 Å². The normalized spacial score (nSPS) is 24.7. The molecule has 142 valence electrons. The van der Waals surface area contributed by atoms with Crippen LogP contribution in [0.15, 0.2) is 6.20 Å². The van der Waals surface area contributed by atoms with E-state index in [1.165, 1.54) is 31.6 Å². The summed E-state index contributed by atoms with van der Waals surface area (Å²) >= 11 is 4.83. The van der Waals surface area contributed by atoms with E-state index >= 15 is 0 Å². The van der Waals surface area contributed by atoms with Crippen molar-refractivity contribution in [1.82, 2.24) is 15.0 Å². The van der Waals surface area contributed by atoms with Gasteiger partial charge in [0, 0.05) is 20.8 Å². The fourth-order valence-electron chi connectivity index (χ4n) is 2.42. The summed E-state index contributed by atoms with van der Waals surface area (Å²) in [6, 6.07) is 0. The van der Waals surface area contributed by atoms with Crippen LogP contribution in [-0.2, 0) is 33.3 Å². The summed E-state index contributed by atoms with van der Waals surface area (Å²) in [7, 11) is 0. The first kappa shape index (κ1) is 19.7. The number of aromatic nitrogens is 3. The zero-order valence-electron chi connectivity index (χ0n) is 14.3. The molecule has 2 heterocycles. The van der Waals surface area contributed by atoms with Gasteiger partial charge in [-0.05, 0) is 0 Å². The van der Waals surface area contributed by atoms with E-state index in [9.17, 15) is 14.4 Å².